The van der Waals surface area contributed by atoms with E-state index in [1.165, 1.54) is 6.07 Å². The van der Waals surface area contributed by atoms with Gasteiger partial charge in [-0.2, -0.15) is 0 Å². The molecule has 26 heavy (non-hydrogen) atoms. The molecule has 0 aliphatic heterocycles. The van der Waals surface area contributed by atoms with Crippen LogP contribution in [0.5, 0.6) is 5.75 Å². The smallest absolute Gasteiger partial charge is 0.345 e. The third kappa shape index (κ3) is 3.33. The topological polar surface area (TPSA) is 76.7 Å². The van der Waals surface area contributed by atoms with E-state index in [4.69, 9.17) is 9.15 Å². The van der Waals surface area contributed by atoms with Gasteiger partial charge in [-0.3, -0.25) is 0 Å². The van der Waals surface area contributed by atoms with E-state index in [0.717, 1.165) is 16.5 Å². The Morgan fingerprint density at radius 2 is 1.81 bits per heavy atom. The molecule has 1 heterocycles. The monoisotopic (exact) mass is 352 g/mol. The Morgan fingerprint density at radius 3 is 2.42 bits per heavy atom. The van der Waals surface area contributed by atoms with Crippen LogP contribution in [-0.4, -0.2) is 17.2 Å². The number of rotatable bonds is 5. The van der Waals surface area contributed by atoms with Crippen LogP contribution >= 0.6 is 0 Å². The molecule has 3 rings (SSSR count). The van der Waals surface area contributed by atoms with Gasteiger partial charge in [-0.05, 0) is 30.2 Å². The number of fused-ring (bicyclic) bond motifs is 1. The Hall–Kier alpha value is -3.08. The van der Waals surface area contributed by atoms with Crippen molar-refractivity contribution in [3.8, 4) is 16.9 Å². The zero-order chi connectivity index (χ0) is 18.8. The Bertz CT molecular complexity index is 1000. The molecule has 2 aromatic carbocycles. The van der Waals surface area contributed by atoms with Crippen molar-refractivity contribution in [2.45, 2.75) is 26.9 Å². The SMILES string of the molecule is Cc1c(OC(C(=O)O)C(C)C)ccc2c(-c3ccccc3)cc(=O)oc12. The van der Waals surface area contributed by atoms with Crippen molar-refractivity contribution in [3.63, 3.8) is 0 Å². The van der Waals surface area contributed by atoms with Crippen LogP contribution in [0.3, 0.4) is 0 Å². The first-order valence-electron chi connectivity index (χ1n) is 8.41. The first-order valence-corrected chi connectivity index (χ1v) is 8.41. The predicted octanol–water partition coefficient (Wildman–Crippen LogP) is 4.26. The van der Waals surface area contributed by atoms with Crippen LogP contribution in [0.25, 0.3) is 22.1 Å². The van der Waals surface area contributed by atoms with E-state index in [-0.39, 0.29) is 5.92 Å². The number of carbonyl (C=O) groups is 1. The second-order valence-electron chi connectivity index (χ2n) is 6.53. The van der Waals surface area contributed by atoms with Crippen molar-refractivity contribution in [2.24, 2.45) is 5.92 Å². The maximum absolute atomic E-state index is 12.1. The first-order chi connectivity index (χ1) is 12.4. The van der Waals surface area contributed by atoms with Gasteiger partial charge < -0.3 is 14.3 Å². The molecule has 0 saturated heterocycles. The van der Waals surface area contributed by atoms with E-state index in [9.17, 15) is 14.7 Å². The molecule has 3 aromatic rings. The third-order valence-corrected chi connectivity index (χ3v) is 4.30. The van der Waals surface area contributed by atoms with E-state index in [1.54, 1.807) is 32.9 Å². The molecule has 0 spiro atoms. The van der Waals surface area contributed by atoms with Gasteiger partial charge in [0.15, 0.2) is 6.10 Å². The summed E-state index contributed by atoms with van der Waals surface area (Å²) in [7, 11) is 0. The third-order valence-electron chi connectivity index (χ3n) is 4.30. The van der Waals surface area contributed by atoms with Crippen molar-refractivity contribution in [1.82, 2.24) is 0 Å². The predicted molar refractivity (Wildman–Crippen MR) is 99.5 cm³/mol. The maximum Gasteiger partial charge on any atom is 0.345 e. The van der Waals surface area contributed by atoms with Crippen molar-refractivity contribution < 1.29 is 19.1 Å². The minimum absolute atomic E-state index is 0.203. The molecule has 1 atom stereocenters. The highest BCUT2D eigenvalue weighted by molar-refractivity contribution is 5.95. The quantitative estimate of drug-likeness (QED) is 0.695. The van der Waals surface area contributed by atoms with Gasteiger partial charge in [-0.25, -0.2) is 9.59 Å². The number of hydrogen-bond donors (Lipinski definition) is 1. The Kier molecular flexibility index (Phi) is 4.80. The molecule has 1 N–H and O–H groups in total. The molecule has 0 fully saturated rings. The van der Waals surface area contributed by atoms with Crippen molar-refractivity contribution in [1.29, 1.82) is 0 Å². The highest BCUT2D eigenvalue weighted by atomic mass is 16.5. The van der Waals surface area contributed by atoms with Crippen LogP contribution in [0.15, 0.2) is 57.7 Å². The van der Waals surface area contributed by atoms with Gasteiger partial charge in [0.2, 0.25) is 0 Å². The van der Waals surface area contributed by atoms with Crippen LogP contribution in [-0.2, 0) is 4.79 Å². The fraction of sp³-hybridized carbons (Fsp3) is 0.238. The standard InChI is InChI=1S/C21H20O5/c1-12(2)19(21(23)24)25-17-10-9-15-16(14-7-5-4-6-8-14)11-18(22)26-20(15)13(17)3/h4-12,19H,1-3H3,(H,23,24). The Morgan fingerprint density at radius 1 is 1.12 bits per heavy atom. The Balaban J connectivity index is 2.16. The van der Waals surface area contributed by atoms with Crippen LogP contribution in [0.4, 0.5) is 0 Å². The maximum atomic E-state index is 12.1. The molecule has 0 amide bonds. The summed E-state index contributed by atoms with van der Waals surface area (Å²) in [4.78, 5) is 23.5. The zero-order valence-electron chi connectivity index (χ0n) is 14.9. The fourth-order valence-electron chi connectivity index (χ4n) is 2.94. The molecule has 134 valence electrons. The average Bonchev–Trinajstić information content (AvgIpc) is 2.61. The summed E-state index contributed by atoms with van der Waals surface area (Å²) in [5.74, 6) is -0.837. The number of carboxylic acids is 1. The van der Waals surface area contributed by atoms with Gasteiger partial charge in [0.05, 0.1) is 0 Å². The van der Waals surface area contributed by atoms with Gasteiger partial charge >= 0.3 is 11.6 Å². The van der Waals surface area contributed by atoms with Gasteiger partial charge in [0.1, 0.15) is 11.3 Å². The van der Waals surface area contributed by atoms with Crippen LogP contribution in [0.2, 0.25) is 0 Å². The number of hydrogen-bond acceptors (Lipinski definition) is 4. The molecule has 1 aromatic heterocycles. The van der Waals surface area contributed by atoms with Crippen molar-refractivity contribution >= 4 is 16.9 Å². The van der Waals surface area contributed by atoms with Crippen molar-refractivity contribution in [2.75, 3.05) is 0 Å². The first kappa shape index (κ1) is 17.7. The molecule has 0 saturated carbocycles. The van der Waals surface area contributed by atoms with E-state index in [1.807, 2.05) is 30.3 Å². The number of carboxylic acid groups (broad SMARTS) is 1. The molecule has 0 radical (unpaired) electrons. The van der Waals surface area contributed by atoms with Gasteiger partial charge in [0.25, 0.3) is 0 Å². The van der Waals surface area contributed by atoms with E-state index in [0.29, 0.717) is 16.9 Å². The summed E-state index contributed by atoms with van der Waals surface area (Å²) in [6.07, 6.45) is -0.977. The molecule has 0 bridgehead atoms. The molecule has 5 nitrogen and oxygen atoms in total. The Labute approximate surface area is 150 Å². The lowest BCUT2D eigenvalue weighted by atomic mass is 10.00. The fourth-order valence-corrected chi connectivity index (χ4v) is 2.94. The minimum atomic E-state index is -1.03. The van der Waals surface area contributed by atoms with Crippen molar-refractivity contribution in [3.05, 3.63) is 64.5 Å². The van der Waals surface area contributed by atoms with E-state index in [2.05, 4.69) is 0 Å². The minimum Gasteiger partial charge on any atom is -0.478 e. The molecule has 0 aliphatic rings. The highest BCUT2D eigenvalue weighted by Crippen LogP contribution is 2.33. The van der Waals surface area contributed by atoms with Gasteiger partial charge in [-0.15, -0.1) is 0 Å². The number of benzene rings is 2. The molecule has 5 heteroatoms. The highest BCUT2D eigenvalue weighted by Gasteiger charge is 2.25. The summed E-state index contributed by atoms with van der Waals surface area (Å²) in [6, 6.07) is 14.5. The summed E-state index contributed by atoms with van der Waals surface area (Å²) in [6.45, 7) is 5.32. The lowest BCUT2D eigenvalue weighted by Gasteiger charge is -2.20. The van der Waals surface area contributed by atoms with Gasteiger partial charge in [0, 0.05) is 22.9 Å². The molecule has 0 aliphatic carbocycles. The average molecular weight is 352 g/mol. The van der Waals surface area contributed by atoms with E-state index >= 15 is 0 Å². The summed E-state index contributed by atoms with van der Waals surface area (Å²) in [5, 5.41) is 10.1. The molecule has 1 unspecified atom stereocenters. The van der Waals surface area contributed by atoms with Crippen LogP contribution in [0, 0.1) is 12.8 Å². The summed E-state index contributed by atoms with van der Waals surface area (Å²) < 4.78 is 11.1. The normalized spacial score (nSPS) is 12.3. The van der Waals surface area contributed by atoms with E-state index < -0.39 is 17.7 Å². The number of aliphatic carboxylic acids is 1. The largest absolute Gasteiger partial charge is 0.478 e. The zero-order valence-corrected chi connectivity index (χ0v) is 14.9. The lowest BCUT2D eigenvalue weighted by Crippen LogP contribution is -2.32. The second-order valence-corrected chi connectivity index (χ2v) is 6.53. The summed E-state index contributed by atoms with van der Waals surface area (Å²) in [5.41, 5.74) is 2.22. The number of ether oxygens (including phenoxy) is 1. The lowest BCUT2D eigenvalue weighted by molar-refractivity contribution is -0.147. The summed E-state index contributed by atoms with van der Waals surface area (Å²) >= 11 is 0. The number of aryl methyl sites for hydroxylation is 1. The van der Waals surface area contributed by atoms with Gasteiger partial charge in [-0.1, -0.05) is 44.2 Å². The molecular formula is C21H20O5. The van der Waals surface area contributed by atoms with Crippen LogP contribution < -0.4 is 10.4 Å². The van der Waals surface area contributed by atoms with Crippen LogP contribution in [0.1, 0.15) is 19.4 Å². The molecular weight excluding hydrogens is 332 g/mol. The second kappa shape index (κ2) is 7.04.